The second-order valence-corrected chi connectivity index (χ2v) is 6.48. The van der Waals surface area contributed by atoms with Crippen molar-refractivity contribution < 1.29 is 9.53 Å². The first-order chi connectivity index (χ1) is 9.29. The number of hydrogen-bond acceptors (Lipinski definition) is 6. The van der Waals surface area contributed by atoms with E-state index < -0.39 is 0 Å². The van der Waals surface area contributed by atoms with Crippen molar-refractivity contribution in [1.82, 2.24) is 9.97 Å². The van der Waals surface area contributed by atoms with Gasteiger partial charge in [-0.15, -0.1) is 11.3 Å². The van der Waals surface area contributed by atoms with E-state index in [9.17, 15) is 4.79 Å². The maximum absolute atomic E-state index is 11.3. The molecule has 1 aliphatic carbocycles. The molecule has 0 unspecified atom stereocenters. The molecule has 0 fully saturated rings. The predicted molar refractivity (Wildman–Crippen MR) is 76.8 cm³/mol. The molecule has 0 bridgehead atoms. The third-order valence-corrected chi connectivity index (χ3v) is 5.43. The molecule has 0 aliphatic heterocycles. The zero-order chi connectivity index (χ0) is 13.2. The third-order valence-electron chi connectivity index (χ3n) is 3.27. The van der Waals surface area contributed by atoms with Crippen LogP contribution in [-0.4, -0.2) is 28.8 Å². The average Bonchev–Trinajstić information content (AvgIpc) is 2.83. The second kappa shape index (κ2) is 5.46. The number of fused-ring (bicyclic) bond motifs is 3. The number of aryl methyl sites for hydroxylation is 2. The van der Waals surface area contributed by atoms with Crippen LogP contribution >= 0.6 is 23.1 Å². The minimum atomic E-state index is -0.221. The quantitative estimate of drug-likeness (QED) is 0.495. The molecule has 19 heavy (non-hydrogen) atoms. The van der Waals surface area contributed by atoms with E-state index in [4.69, 9.17) is 0 Å². The van der Waals surface area contributed by atoms with Gasteiger partial charge in [-0.25, -0.2) is 9.97 Å². The molecule has 6 heteroatoms. The SMILES string of the molecule is COC(=O)CSc1ncnc2sc3c(c12)CCCC3. The number of esters is 1. The summed E-state index contributed by atoms with van der Waals surface area (Å²) < 4.78 is 4.68. The summed E-state index contributed by atoms with van der Waals surface area (Å²) in [4.78, 5) is 22.5. The molecule has 0 amide bonds. The van der Waals surface area contributed by atoms with Crippen molar-refractivity contribution in [2.45, 2.75) is 30.7 Å². The standard InChI is InChI=1S/C13H14N2O2S2/c1-17-10(16)6-18-12-11-8-4-2-3-5-9(8)19-13(11)15-7-14-12/h7H,2-6H2,1H3. The van der Waals surface area contributed by atoms with Crippen LogP contribution in [0.25, 0.3) is 10.2 Å². The number of nitrogens with zero attached hydrogens (tertiary/aromatic N) is 2. The number of aromatic nitrogens is 2. The van der Waals surface area contributed by atoms with E-state index in [0.29, 0.717) is 5.75 Å². The van der Waals surface area contributed by atoms with Crippen LogP contribution in [0, 0.1) is 0 Å². The normalized spacial score (nSPS) is 14.4. The van der Waals surface area contributed by atoms with Crippen LogP contribution in [0.15, 0.2) is 11.4 Å². The fourth-order valence-electron chi connectivity index (χ4n) is 2.36. The topological polar surface area (TPSA) is 52.1 Å². The first-order valence-electron chi connectivity index (χ1n) is 6.24. The molecule has 4 nitrogen and oxygen atoms in total. The molecule has 2 heterocycles. The van der Waals surface area contributed by atoms with Crippen molar-refractivity contribution in [3.8, 4) is 0 Å². The molecule has 0 spiro atoms. The number of hydrogen-bond donors (Lipinski definition) is 0. The van der Waals surface area contributed by atoms with Crippen molar-refractivity contribution in [2.75, 3.05) is 12.9 Å². The summed E-state index contributed by atoms with van der Waals surface area (Å²) in [5, 5.41) is 2.07. The van der Waals surface area contributed by atoms with E-state index in [1.54, 1.807) is 17.7 Å². The molecule has 2 aromatic heterocycles. The highest BCUT2D eigenvalue weighted by Crippen LogP contribution is 2.39. The molecule has 0 atom stereocenters. The lowest BCUT2D eigenvalue weighted by Crippen LogP contribution is -2.04. The Morgan fingerprint density at radius 1 is 1.42 bits per heavy atom. The average molecular weight is 294 g/mol. The summed E-state index contributed by atoms with van der Waals surface area (Å²) in [5.41, 5.74) is 1.40. The maximum atomic E-state index is 11.3. The monoisotopic (exact) mass is 294 g/mol. The van der Waals surface area contributed by atoms with Gasteiger partial charge in [0.2, 0.25) is 0 Å². The lowest BCUT2D eigenvalue weighted by Gasteiger charge is -2.11. The van der Waals surface area contributed by atoms with Gasteiger partial charge < -0.3 is 4.74 Å². The van der Waals surface area contributed by atoms with Crippen LogP contribution in [0.3, 0.4) is 0 Å². The number of carbonyl (C=O) groups excluding carboxylic acids is 1. The van der Waals surface area contributed by atoms with Crippen molar-refractivity contribution in [3.63, 3.8) is 0 Å². The van der Waals surface area contributed by atoms with Gasteiger partial charge in [-0.3, -0.25) is 4.79 Å². The van der Waals surface area contributed by atoms with Gasteiger partial charge in [-0.2, -0.15) is 0 Å². The first-order valence-corrected chi connectivity index (χ1v) is 8.04. The van der Waals surface area contributed by atoms with Crippen LogP contribution in [0.2, 0.25) is 0 Å². The molecular formula is C13H14N2O2S2. The van der Waals surface area contributed by atoms with E-state index >= 15 is 0 Å². The summed E-state index contributed by atoms with van der Waals surface area (Å²) in [6, 6.07) is 0. The highest BCUT2D eigenvalue weighted by Gasteiger charge is 2.20. The van der Waals surface area contributed by atoms with Crippen LogP contribution in [0.5, 0.6) is 0 Å². The molecular weight excluding hydrogens is 280 g/mol. The number of carbonyl (C=O) groups is 1. The number of thioether (sulfide) groups is 1. The Labute approximate surface area is 119 Å². The first kappa shape index (κ1) is 12.9. The molecule has 2 aromatic rings. The smallest absolute Gasteiger partial charge is 0.316 e. The number of rotatable bonds is 3. The predicted octanol–water partition coefficient (Wildman–Crippen LogP) is 2.84. The molecule has 0 radical (unpaired) electrons. The van der Waals surface area contributed by atoms with Crippen LogP contribution in [0.1, 0.15) is 23.3 Å². The Hall–Kier alpha value is -1.14. The summed E-state index contributed by atoms with van der Waals surface area (Å²) in [6.45, 7) is 0. The van der Waals surface area contributed by atoms with Crippen LogP contribution < -0.4 is 0 Å². The highest BCUT2D eigenvalue weighted by atomic mass is 32.2. The van der Waals surface area contributed by atoms with Crippen molar-refractivity contribution in [3.05, 3.63) is 16.8 Å². The molecule has 0 N–H and O–H groups in total. The Balaban J connectivity index is 1.99. The minimum Gasteiger partial charge on any atom is -0.468 e. The van der Waals surface area contributed by atoms with Gasteiger partial charge in [0.25, 0.3) is 0 Å². The van der Waals surface area contributed by atoms with E-state index in [-0.39, 0.29) is 5.97 Å². The second-order valence-electron chi connectivity index (χ2n) is 4.43. The lowest BCUT2D eigenvalue weighted by molar-refractivity contribution is -0.137. The Morgan fingerprint density at radius 3 is 3.11 bits per heavy atom. The van der Waals surface area contributed by atoms with E-state index in [1.807, 2.05) is 0 Å². The van der Waals surface area contributed by atoms with E-state index in [2.05, 4.69) is 14.7 Å². The number of ether oxygens (including phenoxy) is 1. The van der Waals surface area contributed by atoms with Gasteiger partial charge in [0, 0.05) is 10.3 Å². The summed E-state index contributed by atoms with van der Waals surface area (Å²) >= 11 is 3.21. The van der Waals surface area contributed by atoms with Crippen LogP contribution in [0.4, 0.5) is 0 Å². The largest absolute Gasteiger partial charge is 0.468 e. The Morgan fingerprint density at radius 2 is 2.26 bits per heavy atom. The van der Waals surface area contributed by atoms with Gasteiger partial charge in [-0.05, 0) is 31.2 Å². The van der Waals surface area contributed by atoms with Crippen molar-refractivity contribution in [2.24, 2.45) is 0 Å². The van der Waals surface area contributed by atoms with E-state index in [0.717, 1.165) is 28.1 Å². The van der Waals surface area contributed by atoms with Crippen LogP contribution in [-0.2, 0) is 22.4 Å². The lowest BCUT2D eigenvalue weighted by atomic mass is 9.97. The maximum Gasteiger partial charge on any atom is 0.316 e. The fourth-order valence-corrected chi connectivity index (χ4v) is 4.51. The van der Waals surface area contributed by atoms with Gasteiger partial charge in [0.05, 0.1) is 12.9 Å². The van der Waals surface area contributed by atoms with Gasteiger partial charge in [-0.1, -0.05) is 11.8 Å². The van der Waals surface area contributed by atoms with Gasteiger partial charge in [0.1, 0.15) is 16.2 Å². The summed E-state index contributed by atoms with van der Waals surface area (Å²) in [6.07, 6.45) is 6.34. The molecule has 0 aromatic carbocycles. The van der Waals surface area contributed by atoms with Crippen molar-refractivity contribution >= 4 is 39.3 Å². The zero-order valence-corrected chi connectivity index (χ0v) is 12.3. The zero-order valence-electron chi connectivity index (χ0n) is 10.6. The van der Waals surface area contributed by atoms with Crippen molar-refractivity contribution in [1.29, 1.82) is 0 Å². The van der Waals surface area contributed by atoms with E-state index in [1.165, 1.54) is 42.2 Å². The minimum absolute atomic E-state index is 0.221. The molecule has 0 saturated heterocycles. The fraction of sp³-hybridized carbons (Fsp3) is 0.462. The number of thiophene rings is 1. The third kappa shape index (κ3) is 2.47. The molecule has 3 rings (SSSR count). The molecule has 1 aliphatic rings. The van der Waals surface area contributed by atoms with Gasteiger partial charge in [0.15, 0.2) is 0 Å². The number of methoxy groups -OCH3 is 1. The summed E-state index contributed by atoms with van der Waals surface area (Å²) in [7, 11) is 1.41. The highest BCUT2D eigenvalue weighted by molar-refractivity contribution is 8.00. The Bertz CT molecular complexity index is 624. The van der Waals surface area contributed by atoms with Gasteiger partial charge >= 0.3 is 5.97 Å². The molecule has 0 saturated carbocycles. The summed E-state index contributed by atoms with van der Waals surface area (Å²) in [5.74, 6) is 0.0774. The Kier molecular flexibility index (Phi) is 3.70. The molecule has 100 valence electrons.